The number of rotatable bonds is 5. The van der Waals surface area contributed by atoms with Crippen LogP contribution in [0.15, 0.2) is 24.3 Å². The molecule has 1 fully saturated rings. The zero-order chi connectivity index (χ0) is 13.3. The van der Waals surface area contributed by atoms with Gasteiger partial charge in [-0.3, -0.25) is 0 Å². The van der Waals surface area contributed by atoms with Gasteiger partial charge in [0.1, 0.15) is 0 Å². The third kappa shape index (κ3) is 2.32. The maximum absolute atomic E-state index is 6.01. The molecule has 0 radical (unpaired) electrons. The third-order valence-electron chi connectivity index (χ3n) is 3.96. The lowest BCUT2D eigenvalue weighted by Crippen LogP contribution is -2.14. The van der Waals surface area contributed by atoms with Gasteiger partial charge < -0.3 is 5.73 Å². The van der Waals surface area contributed by atoms with E-state index in [-0.39, 0.29) is 0 Å². The fourth-order valence-corrected chi connectivity index (χ4v) is 2.72. The van der Waals surface area contributed by atoms with Crippen molar-refractivity contribution in [2.75, 3.05) is 5.73 Å². The second kappa shape index (κ2) is 4.64. The maximum atomic E-state index is 6.01. The summed E-state index contributed by atoms with van der Waals surface area (Å²) in [6.45, 7) is 3.13. The van der Waals surface area contributed by atoms with E-state index in [0.717, 1.165) is 23.6 Å². The van der Waals surface area contributed by atoms with E-state index in [9.17, 15) is 0 Å². The lowest BCUT2D eigenvalue weighted by molar-refractivity contribution is 0.365. The highest BCUT2D eigenvalue weighted by Crippen LogP contribution is 2.51. The smallest absolute Gasteiger partial charge is 0.184 e. The van der Waals surface area contributed by atoms with Crippen molar-refractivity contribution in [3.05, 3.63) is 24.3 Å². The molecule has 0 spiro atoms. The van der Waals surface area contributed by atoms with Crippen LogP contribution in [0.3, 0.4) is 0 Å². The summed E-state index contributed by atoms with van der Waals surface area (Å²) in [7, 11) is 0. The summed E-state index contributed by atoms with van der Waals surface area (Å²) in [5.41, 5.74) is 8.07. The number of hydrogen-bond acceptors (Lipinski definition) is 4. The second-order valence-corrected chi connectivity index (χ2v) is 5.50. The Bertz CT molecular complexity index is 571. The zero-order valence-electron chi connectivity index (χ0n) is 11.2. The third-order valence-corrected chi connectivity index (χ3v) is 3.96. The van der Waals surface area contributed by atoms with Crippen LogP contribution in [0.1, 0.15) is 32.6 Å². The Balaban J connectivity index is 1.89. The predicted octanol–water partition coefficient (Wildman–Crippen LogP) is 2.50. The molecular weight excluding hydrogens is 238 g/mol. The van der Waals surface area contributed by atoms with E-state index in [1.165, 1.54) is 25.7 Å². The number of nitrogens with two attached hydrogens (primary N) is 1. The largest absolute Gasteiger partial charge is 0.398 e. The molecule has 5 heteroatoms. The molecule has 0 bridgehead atoms. The fourth-order valence-electron chi connectivity index (χ4n) is 2.72. The second-order valence-electron chi connectivity index (χ2n) is 5.50. The van der Waals surface area contributed by atoms with E-state index in [0.29, 0.717) is 5.41 Å². The number of hydrogen-bond donors (Lipinski definition) is 1. The average molecular weight is 257 g/mol. The van der Waals surface area contributed by atoms with Gasteiger partial charge in [0.05, 0.1) is 6.54 Å². The summed E-state index contributed by atoms with van der Waals surface area (Å²) in [5, 5.41) is 12.1. The molecule has 2 aromatic rings. The number of para-hydroxylation sites is 1. The van der Waals surface area contributed by atoms with Gasteiger partial charge in [0.15, 0.2) is 5.82 Å². The summed E-state index contributed by atoms with van der Waals surface area (Å²) < 4.78 is 1.91. The Morgan fingerprint density at radius 3 is 2.79 bits per heavy atom. The molecule has 5 nitrogen and oxygen atoms in total. The molecule has 1 aromatic carbocycles. The molecule has 2 N–H and O–H groups in total. The minimum atomic E-state index is 0.419. The molecule has 0 unspecified atom stereocenters. The summed E-state index contributed by atoms with van der Waals surface area (Å²) in [5.74, 6) is 0.778. The van der Waals surface area contributed by atoms with Crippen molar-refractivity contribution in [3.63, 3.8) is 0 Å². The minimum Gasteiger partial charge on any atom is -0.398 e. The molecule has 1 aliphatic rings. The van der Waals surface area contributed by atoms with Crippen molar-refractivity contribution in [1.82, 2.24) is 20.2 Å². The Hall–Kier alpha value is -1.91. The van der Waals surface area contributed by atoms with Crippen molar-refractivity contribution in [2.45, 2.75) is 39.2 Å². The lowest BCUT2D eigenvalue weighted by atomic mass is 10.0. The molecule has 0 amide bonds. The molecule has 0 saturated heterocycles. The molecule has 1 aromatic heterocycles. The first-order valence-electron chi connectivity index (χ1n) is 6.85. The maximum Gasteiger partial charge on any atom is 0.184 e. The normalized spacial score (nSPS) is 16.5. The molecule has 19 heavy (non-hydrogen) atoms. The van der Waals surface area contributed by atoms with Crippen LogP contribution in [0, 0.1) is 5.41 Å². The molecule has 0 aliphatic heterocycles. The first-order valence-corrected chi connectivity index (χ1v) is 6.85. The van der Waals surface area contributed by atoms with Crippen LogP contribution in [0.4, 0.5) is 5.69 Å². The summed E-state index contributed by atoms with van der Waals surface area (Å²) in [6, 6.07) is 7.74. The van der Waals surface area contributed by atoms with E-state index in [4.69, 9.17) is 5.73 Å². The number of benzene rings is 1. The Morgan fingerprint density at radius 1 is 1.32 bits per heavy atom. The molecule has 1 aliphatic carbocycles. The summed E-state index contributed by atoms with van der Waals surface area (Å²) in [4.78, 5) is 0. The van der Waals surface area contributed by atoms with E-state index in [1.807, 2.05) is 28.9 Å². The molecule has 1 heterocycles. The van der Waals surface area contributed by atoms with E-state index in [1.54, 1.807) is 0 Å². The fraction of sp³-hybridized carbons (Fsp3) is 0.500. The Morgan fingerprint density at radius 2 is 2.11 bits per heavy atom. The van der Waals surface area contributed by atoms with Gasteiger partial charge in [0.25, 0.3) is 0 Å². The van der Waals surface area contributed by atoms with Gasteiger partial charge >= 0.3 is 0 Å². The number of tetrazole rings is 1. The van der Waals surface area contributed by atoms with Crippen LogP contribution in [-0.2, 0) is 6.54 Å². The molecule has 1 saturated carbocycles. The van der Waals surface area contributed by atoms with E-state index < -0.39 is 0 Å². The first kappa shape index (κ1) is 12.1. The molecule has 100 valence electrons. The zero-order valence-corrected chi connectivity index (χ0v) is 11.2. The van der Waals surface area contributed by atoms with Gasteiger partial charge in [-0.05, 0) is 47.2 Å². The first-order chi connectivity index (χ1) is 9.24. The SMILES string of the molecule is CCCC1(Cn2nnnc2-c2ccccc2N)CC1. The highest BCUT2D eigenvalue weighted by atomic mass is 15.5. The van der Waals surface area contributed by atoms with Crippen LogP contribution in [-0.4, -0.2) is 20.2 Å². The van der Waals surface area contributed by atoms with Crippen molar-refractivity contribution in [3.8, 4) is 11.4 Å². The van der Waals surface area contributed by atoms with Gasteiger partial charge in [0, 0.05) is 11.3 Å². The van der Waals surface area contributed by atoms with Crippen molar-refractivity contribution in [2.24, 2.45) is 5.41 Å². The van der Waals surface area contributed by atoms with Crippen LogP contribution in [0.2, 0.25) is 0 Å². The van der Waals surface area contributed by atoms with Crippen molar-refractivity contribution < 1.29 is 0 Å². The van der Waals surface area contributed by atoms with Crippen LogP contribution in [0.25, 0.3) is 11.4 Å². The van der Waals surface area contributed by atoms with E-state index in [2.05, 4.69) is 22.4 Å². The number of nitrogens with zero attached hydrogens (tertiary/aromatic N) is 4. The quantitative estimate of drug-likeness (QED) is 0.835. The van der Waals surface area contributed by atoms with Gasteiger partial charge in [-0.1, -0.05) is 25.5 Å². The van der Waals surface area contributed by atoms with Gasteiger partial charge in [-0.15, -0.1) is 5.10 Å². The van der Waals surface area contributed by atoms with Crippen LogP contribution in [0.5, 0.6) is 0 Å². The summed E-state index contributed by atoms with van der Waals surface area (Å²) >= 11 is 0. The highest BCUT2D eigenvalue weighted by Gasteiger charge is 2.42. The number of anilines is 1. The van der Waals surface area contributed by atoms with Crippen LogP contribution >= 0.6 is 0 Å². The van der Waals surface area contributed by atoms with Crippen molar-refractivity contribution >= 4 is 5.69 Å². The van der Waals surface area contributed by atoms with Gasteiger partial charge in [-0.2, -0.15) is 0 Å². The standard InChI is InChI=1S/C14H19N5/c1-2-7-14(8-9-14)10-19-13(16-17-18-19)11-5-3-4-6-12(11)15/h3-6H,2,7-10,15H2,1H3. The number of nitrogen functional groups attached to an aromatic ring is 1. The Labute approximate surface area is 112 Å². The molecule has 3 rings (SSSR count). The Kier molecular flexibility index (Phi) is 2.97. The predicted molar refractivity (Wildman–Crippen MR) is 74.2 cm³/mol. The summed E-state index contributed by atoms with van der Waals surface area (Å²) in [6.07, 6.45) is 5.02. The number of aromatic nitrogens is 4. The lowest BCUT2D eigenvalue weighted by Gasteiger charge is -2.14. The minimum absolute atomic E-state index is 0.419. The topological polar surface area (TPSA) is 69.6 Å². The highest BCUT2D eigenvalue weighted by molar-refractivity contribution is 5.70. The van der Waals surface area contributed by atoms with Crippen molar-refractivity contribution in [1.29, 1.82) is 0 Å². The van der Waals surface area contributed by atoms with Crippen LogP contribution < -0.4 is 5.73 Å². The average Bonchev–Trinajstić information content (AvgIpc) is 2.99. The van der Waals surface area contributed by atoms with Gasteiger partial charge in [-0.25, -0.2) is 4.68 Å². The molecular formula is C14H19N5. The van der Waals surface area contributed by atoms with E-state index >= 15 is 0 Å². The molecule has 0 atom stereocenters. The van der Waals surface area contributed by atoms with Gasteiger partial charge in [0.2, 0.25) is 0 Å². The monoisotopic (exact) mass is 257 g/mol.